The van der Waals surface area contributed by atoms with Crippen LogP contribution < -0.4 is 9.46 Å². The molecule has 0 fully saturated rings. The van der Waals surface area contributed by atoms with Crippen molar-refractivity contribution in [3.8, 4) is 11.8 Å². The molecule has 1 N–H and O–H groups in total. The Labute approximate surface area is 139 Å². The van der Waals surface area contributed by atoms with Crippen molar-refractivity contribution in [3.05, 3.63) is 41.7 Å². The van der Waals surface area contributed by atoms with Crippen molar-refractivity contribution in [2.24, 2.45) is 0 Å². The number of aromatic nitrogens is 2. The van der Waals surface area contributed by atoms with Gasteiger partial charge < -0.3 is 9.47 Å². The Morgan fingerprint density at radius 1 is 1.25 bits per heavy atom. The van der Waals surface area contributed by atoms with Gasteiger partial charge in [-0.15, -0.1) is 0 Å². The average molecular weight is 351 g/mol. The molecule has 2 aromatic rings. The summed E-state index contributed by atoms with van der Waals surface area (Å²) in [5.74, 6) is -0.0601. The number of carbonyl (C=O) groups excluding carboxylic acids is 1. The molecule has 0 amide bonds. The van der Waals surface area contributed by atoms with Gasteiger partial charge in [-0.1, -0.05) is 0 Å². The van der Waals surface area contributed by atoms with Crippen LogP contribution in [0, 0.1) is 6.92 Å². The molecule has 24 heavy (non-hydrogen) atoms. The molecule has 0 spiro atoms. The number of hydrogen-bond acceptors (Lipinski definition) is 7. The van der Waals surface area contributed by atoms with Crippen LogP contribution in [0.4, 0.5) is 5.69 Å². The van der Waals surface area contributed by atoms with E-state index in [0.717, 1.165) is 6.26 Å². The van der Waals surface area contributed by atoms with E-state index in [2.05, 4.69) is 14.7 Å². The lowest BCUT2D eigenvalue weighted by atomic mass is 10.2. The van der Waals surface area contributed by atoms with Crippen LogP contribution in [0.1, 0.15) is 23.0 Å². The van der Waals surface area contributed by atoms with E-state index in [0.29, 0.717) is 17.1 Å². The number of carbonyl (C=O) groups is 1. The minimum absolute atomic E-state index is 0.0735. The molecule has 0 radical (unpaired) electrons. The number of ether oxygens (including phenoxy) is 2. The smallest absolute Gasteiger partial charge is 0.341 e. The summed E-state index contributed by atoms with van der Waals surface area (Å²) < 4.78 is 35.0. The summed E-state index contributed by atoms with van der Waals surface area (Å²) in [6, 6.07) is 6.33. The number of rotatable bonds is 6. The molecule has 0 unspecified atom stereocenters. The molecule has 0 saturated heterocycles. The standard InChI is InChI=1S/C15H17N3O5S/c1-4-22-14(19)13-9-16-15(17-10(13)2)23-12-7-5-11(6-8-12)18-24(3,20)21/h5-9,18H,4H2,1-3H3. The first kappa shape index (κ1) is 17.7. The molecule has 8 nitrogen and oxygen atoms in total. The van der Waals surface area contributed by atoms with Crippen LogP contribution in [0.3, 0.4) is 0 Å². The number of hydrogen-bond donors (Lipinski definition) is 1. The van der Waals surface area contributed by atoms with E-state index in [-0.39, 0.29) is 18.2 Å². The second-order valence-corrected chi connectivity index (χ2v) is 6.62. The molecule has 0 atom stereocenters. The van der Waals surface area contributed by atoms with Gasteiger partial charge in [0.05, 0.1) is 24.1 Å². The summed E-state index contributed by atoms with van der Waals surface area (Å²) in [7, 11) is -3.33. The highest BCUT2D eigenvalue weighted by atomic mass is 32.2. The molecule has 0 aliphatic heterocycles. The van der Waals surface area contributed by atoms with Crippen molar-refractivity contribution >= 4 is 21.7 Å². The maximum absolute atomic E-state index is 11.7. The van der Waals surface area contributed by atoms with Gasteiger partial charge in [0.1, 0.15) is 5.75 Å². The fourth-order valence-corrected chi connectivity index (χ4v) is 2.38. The zero-order valence-electron chi connectivity index (χ0n) is 13.4. The van der Waals surface area contributed by atoms with Gasteiger partial charge in [-0.3, -0.25) is 4.72 Å². The maximum atomic E-state index is 11.7. The number of aryl methyl sites for hydroxylation is 1. The Hall–Kier alpha value is -2.68. The number of benzene rings is 1. The first-order valence-electron chi connectivity index (χ1n) is 7.05. The Morgan fingerprint density at radius 3 is 2.46 bits per heavy atom. The molecule has 1 heterocycles. The van der Waals surface area contributed by atoms with E-state index in [1.807, 2.05) is 0 Å². The molecule has 9 heteroatoms. The second-order valence-electron chi connectivity index (χ2n) is 4.87. The maximum Gasteiger partial charge on any atom is 0.341 e. The molecule has 0 aliphatic carbocycles. The van der Waals surface area contributed by atoms with Crippen LogP contribution in [0.5, 0.6) is 11.8 Å². The van der Waals surface area contributed by atoms with Gasteiger partial charge >= 0.3 is 12.0 Å². The van der Waals surface area contributed by atoms with E-state index < -0.39 is 16.0 Å². The second kappa shape index (κ2) is 7.26. The molecule has 0 aliphatic rings. The van der Waals surface area contributed by atoms with Crippen LogP contribution in [0.2, 0.25) is 0 Å². The summed E-state index contributed by atoms with van der Waals surface area (Å²) >= 11 is 0. The summed E-state index contributed by atoms with van der Waals surface area (Å²) in [5, 5.41) is 0. The van der Waals surface area contributed by atoms with Gasteiger partial charge in [-0.05, 0) is 38.1 Å². The first-order chi connectivity index (χ1) is 11.3. The van der Waals surface area contributed by atoms with Crippen LogP contribution >= 0.6 is 0 Å². The number of nitrogens with one attached hydrogen (secondary N) is 1. The van der Waals surface area contributed by atoms with Gasteiger partial charge in [-0.25, -0.2) is 18.2 Å². The lowest BCUT2D eigenvalue weighted by molar-refractivity contribution is 0.0524. The minimum atomic E-state index is -3.33. The average Bonchev–Trinajstić information content (AvgIpc) is 2.48. The molecule has 0 bridgehead atoms. The van der Waals surface area contributed by atoms with Gasteiger partial charge in [0.25, 0.3) is 0 Å². The Morgan fingerprint density at radius 2 is 1.92 bits per heavy atom. The third-order valence-corrected chi connectivity index (χ3v) is 3.43. The van der Waals surface area contributed by atoms with E-state index in [4.69, 9.17) is 9.47 Å². The lowest BCUT2D eigenvalue weighted by Gasteiger charge is -2.08. The van der Waals surface area contributed by atoms with Crippen molar-refractivity contribution in [3.63, 3.8) is 0 Å². The SMILES string of the molecule is CCOC(=O)c1cnc(Oc2ccc(NS(C)(=O)=O)cc2)nc1C. The largest absolute Gasteiger partial charge is 0.462 e. The van der Waals surface area contributed by atoms with E-state index >= 15 is 0 Å². The Kier molecular flexibility index (Phi) is 5.35. The number of anilines is 1. The van der Waals surface area contributed by atoms with Gasteiger partial charge in [0, 0.05) is 11.9 Å². The third-order valence-electron chi connectivity index (χ3n) is 2.82. The van der Waals surface area contributed by atoms with Crippen LogP contribution in [0.15, 0.2) is 30.5 Å². The van der Waals surface area contributed by atoms with E-state index in [1.54, 1.807) is 38.1 Å². The molecule has 128 valence electrons. The zero-order chi connectivity index (χ0) is 17.7. The lowest BCUT2D eigenvalue weighted by Crippen LogP contribution is -2.09. The van der Waals surface area contributed by atoms with Crippen molar-refractivity contribution in [1.29, 1.82) is 0 Å². The highest BCUT2D eigenvalue weighted by Crippen LogP contribution is 2.21. The molecule has 0 saturated carbocycles. The van der Waals surface area contributed by atoms with Crippen molar-refractivity contribution in [2.75, 3.05) is 17.6 Å². The van der Waals surface area contributed by atoms with Crippen LogP contribution in [-0.2, 0) is 14.8 Å². The van der Waals surface area contributed by atoms with Crippen LogP contribution in [-0.4, -0.2) is 37.2 Å². The number of nitrogens with zero attached hydrogens (tertiary/aromatic N) is 2. The fraction of sp³-hybridized carbons (Fsp3) is 0.267. The summed E-state index contributed by atoms with van der Waals surface area (Å²) in [4.78, 5) is 19.8. The van der Waals surface area contributed by atoms with Crippen molar-refractivity contribution in [2.45, 2.75) is 13.8 Å². The molecular formula is C15H17N3O5S. The van der Waals surface area contributed by atoms with Crippen molar-refractivity contribution in [1.82, 2.24) is 9.97 Å². The predicted molar refractivity (Wildman–Crippen MR) is 87.7 cm³/mol. The van der Waals surface area contributed by atoms with Gasteiger partial charge in [0.15, 0.2) is 0 Å². The topological polar surface area (TPSA) is 107 Å². The number of sulfonamides is 1. The fourth-order valence-electron chi connectivity index (χ4n) is 1.81. The highest BCUT2D eigenvalue weighted by molar-refractivity contribution is 7.92. The van der Waals surface area contributed by atoms with Gasteiger partial charge in [0.2, 0.25) is 10.0 Å². The molecule has 1 aromatic heterocycles. The summed E-state index contributed by atoms with van der Waals surface area (Å²) in [5.41, 5.74) is 1.13. The third kappa shape index (κ3) is 4.92. The Balaban J connectivity index is 2.11. The van der Waals surface area contributed by atoms with E-state index in [9.17, 15) is 13.2 Å². The summed E-state index contributed by atoms with van der Waals surface area (Å²) in [6.07, 6.45) is 2.41. The van der Waals surface area contributed by atoms with Gasteiger partial charge in [-0.2, -0.15) is 4.98 Å². The highest BCUT2D eigenvalue weighted by Gasteiger charge is 2.13. The molecule has 2 rings (SSSR count). The van der Waals surface area contributed by atoms with E-state index in [1.165, 1.54) is 6.20 Å². The summed E-state index contributed by atoms with van der Waals surface area (Å²) in [6.45, 7) is 3.64. The quantitative estimate of drug-likeness (QED) is 0.794. The predicted octanol–water partition coefficient (Wildman–Crippen LogP) is 2.13. The monoisotopic (exact) mass is 351 g/mol. The Bertz CT molecular complexity index is 835. The first-order valence-corrected chi connectivity index (χ1v) is 8.94. The van der Waals surface area contributed by atoms with Crippen LogP contribution in [0.25, 0.3) is 0 Å². The minimum Gasteiger partial charge on any atom is -0.462 e. The number of esters is 1. The van der Waals surface area contributed by atoms with Crippen molar-refractivity contribution < 1.29 is 22.7 Å². The normalized spacial score (nSPS) is 11.0. The zero-order valence-corrected chi connectivity index (χ0v) is 14.3. The molecular weight excluding hydrogens is 334 g/mol. The molecule has 1 aromatic carbocycles.